The van der Waals surface area contributed by atoms with Crippen LogP contribution >= 0.6 is 0 Å². The molecule has 1 unspecified atom stereocenters. The molecule has 8 heteroatoms. The molecule has 1 saturated heterocycles. The van der Waals surface area contributed by atoms with Gasteiger partial charge in [0.25, 0.3) is 16.1 Å². The molecule has 1 aromatic heterocycles. The first-order valence-corrected chi connectivity index (χ1v) is 10.9. The number of carbonyl (C=O) groups is 1. The largest absolute Gasteiger partial charge is 0.468 e. The fraction of sp³-hybridized carbons (Fsp3) is 0.450. The number of nitrogens with one attached hydrogen (secondary N) is 1. The van der Waals surface area contributed by atoms with Crippen LogP contribution in [0.2, 0.25) is 0 Å². The number of furan rings is 1. The summed E-state index contributed by atoms with van der Waals surface area (Å²) in [7, 11) is -2.06. The summed E-state index contributed by atoms with van der Waals surface area (Å²) in [5.41, 5.74) is 1.35. The van der Waals surface area contributed by atoms with Gasteiger partial charge in [0.05, 0.1) is 12.8 Å². The predicted octanol–water partition coefficient (Wildman–Crippen LogP) is 2.62. The van der Waals surface area contributed by atoms with Gasteiger partial charge >= 0.3 is 0 Å². The van der Waals surface area contributed by atoms with Crippen LogP contribution in [0.4, 0.5) is 0 Å². The number of rotatable bonds is 7. The zero-order chi connectivity index (χ0) is 20.1. The minimum atomic E-state index is -3.64. The van der Waals surface area contributed by atoms with Gasteiger partial charge in [-0.05, 0) is 48.6 Å². The molecule has 3 rings (SSSR count). The van der Waals surface area contributed by atoms with Crippen molar-refractivity contribution in [3.05, 3.63) is 59.5 Å². The lowest BCUT2D eigenvalue weighted by Crippen LogP contribution is -2.47. The molecule has 1 fully saturated rings. The summed E-state index contributed by atoms with van der Waals surface area (Å²) in [5, 5.41) is 2.58. The van der Waals surface area contributed by atoms with E-state index >= 15 is 0 Å². The van der Waals surface area contributed by atoms with E-state index in [1.165, 1.54) is 4.31 Å². The summed E-state index contributed by atoms with van der Waals surface area (Å²) in [6, 6.07) is 10.5. The summed E-state index contributed by atoms with van der Waals surface area (Å²) in [4.78, 5) is 11.7. The van der Waals surface area contributed by atoms with Crippen LogP contribution in [0.1, 0.15) is 41.4 Å². The Labute approximate surface area is 166 Å². The zero-order valence-corrected chi connectivity index (χ0v) is 17.1. The zero-order valence-electron chi connectivity index (χ0n) is 16.3. The maximum absolute atomic E-state index is 13.3. The third-order valence-corrected chi connectivity index (χ3v) is 6.88. The van der Waals surface area contributed by atoms with E-state index < -0.39 is 10.2 Å². The SMILES string of the molecule is CNC(=O)c1ccc(CN(Cc2ccco2)S(=O)(=O)N2CCCC(C)C2)cc1. The standard InChI is InChI=1S/C20H27N3O4S/c1-16-5-3-11-22(13-16)28(25,26)23(15-19-6-4-12-27-19)14-17-7-9-18(10-8-17)20(24)21-2/h4,6-10,12,16H,3,5,11,13-15H2,1-2H3,(H,21,24). The Hall–Kier alpha value is -2.16. The van der Waals surface area contributed by atoms with E-state index in [2.05, 4.69) is 12.2 Å². The maximum atomic E-state index is 13.3. The van der Waals surface area contributed by atoms with Crippen LogP contribution in [-0.2, 0) is 23.3 Å². The molecule has 1 N–H and O–H groups in total. The van der Waals surface area contributed by atoms with Crippen molar-refractivity contribution >= 4 is 16.1 Å². The monoisotopic (exact) mass is 405 g/mol. The van der Waals surface area contributed by atoms with Crippen molar-refractivity contribution in [3.63, 3.8) is 0 Å². The molecular weight excluding hydrogens is 378 g/mol. The Morgan fingerprint density at radius 1 is 1.25 bits per heavy atom. The van der Waals surface area contributed by atoms with E-state index in [-0.39, 0.29) is 19.0 Å². The smallest absolute Gasteiger partial charge is 0.282 e. The van der Waals surface area contributed by atoms with Crippen LogP contribution in [0.5, 0.6) is 0 Å². The van der Waals surface area contributed by atoms with Gasteiger partial charge in [0.15, 0.2) is 0 Å². The molecule has 7 nitrogen and oxygen atoms in total. The molecule has 1 aromatic carbocycles. The lowest BCUT2D eigenvalue weighted by Gasteiger charge is -2.34. The van der Waals surface area contributed by atoms with Crippen molar-refractivity contribution in [2.75, 3.05) is 20.1 Å². The van der Waals surface area contributed by atoms with Crippen LogP contribution in [0, 0.1) is 5.92 Å². The van der Waals surface area contributed by atoms with Crippen LogP contribution in [0.25, 0.3) is 0 Å². The van der Waals surface area contributed by atoms with Gasteiger partial charge in [0, 0.05) is 32.2 Å². The molecule has 0 bridgehead atoms. The van der Waals surface area contributed by atoms with E-state index in [4.69, 9.17) is 4.42 Å². The first-order chi connectivity index (χ1) is 13.4. The first kappa shape index (κ1) is 20.6. The summed E-state index contributed by atoms with van der Waals surface area (Å²) >= 11 is 0. The minimum absolute atomic E-state index is 0.164. The van der Waals surface area contributed by atoms with Gasteiger partial charge in [-0.25, -0.2) is 0 Å². The molecule has 0 saturated carbocycles. The Bertz CT molecular complexity index is 879. The fourth-order valence-corrected chi connectivity index (χ4v) is 5.16. The average molecular weight is 406 g/mol. The van der Waals surface area contributed by atoms with Crippen molar-refractivity contribution in [2.45, 2.75) is 32.9 Å². The maximum Gasteiger partial charge on any atom is 0.282 e. The Morgan fingerprint density at radius 3 is 2.61 bits per heavy atom. The molecule has 2 aromatic rings. The molecule has 0 aliphatic carbocycles. The quantitative estimate of drug-likeness (QED) is 0.768. The second-order valence-corrected chi connectivity index (χ2v) is 9.17. The Kier molecular flexibility index (Phi) is 6.53. The molecule has 1 amide bonds. The summed E-state index contributed by atoms with van der Waals surface area (Å²) in [5.74, 6) is 0.769. The molecule has 1 atom stereocenters. The average Bonchev–Trinajstić information content (AvgIpc) is 3.20. The summed E-state index contributed by atoms with van der Waals surface area (Å²) in [6.07, 6.45) is 3.46. The second-order valence-electron chi connectivity index (χ2n) is 7.24. The van der Waals surface area contributed by atoms with Gasteiger partial charge in [-0.3, -0.25) is 4.79 Å². The molecule has 152 valence electrons. The number of nitrogens with zero attached hydrogens (tertiary/aromatic N) is 2. The molecule has 1 aliphatic rings. The van der Waals surface area contributed by atoms with Gasteiger partial charge in [-0.15, -0.1) is 0 Å². The summed E-state index contributed by atoms with van der Waals surface area (Å²) in [6.45, 7) is 3.53. The van der Waals surface area contributed by atoms with Gasteiger partial charge in [0.1, 0.15) is 5.76 Å². The third kappa shape index (κ3) is 4.81. The number of benzene rings is 1. The Morgan fingerprint density at radius 2 is 2.00 bits per heavy atom. The highest BCUT2D eigenvalue weighted by Gasteiger charge is 2.33. The van der Waals surface area contributed by atoms with Gasteiger partial charge in [-0.1, -0.05) is 19.1 Å². The van der Waals surface area contributed by atoms with Crippen LogP contribution in [0.3, 0.4) is 0 Å². The van der Waals surface area contributed by atoms with E-state index in [0.29, 0.717) is 30.3 Å². The van der Waals surface area contributed by atoms with E-state index in [1.807, 2.05) is 0 Å². The van der Waals surface area contributed by atoms with E-state index in [1.54, 1.807) is 54.0 Å². The molecular formula is C20H27N3O4S. The third-order valence-electron chi connectivity index (χ3n) is 4.99. The summed E-state index contributed by atoms with van der Waals surface area (Å²) < 4.78 is 35.1. The normalized spacial score (nSPS) is 18.3. The van der Waals surface area contributed by atoms with Crippen molar-refractivity contribution in [1.29, 1.82) is 0 Å². The number of piperidine rings is 1. The number of hydrogen-bond donors (Lipinski definition) is 1. The molecule has 0 radical (unpaired) electrons. The topological polar surface area (TPSA) is 82.9 Å². The molecule has 1 aliphatic heterocycles. The van der Waals surface area contributed by atoms with Crippen LogP contribution in [0.15, 0.2) is 47.1 Å². The lowest BCUT2D eigenvalue weighted by molar-refractivity contribution is 0.0963. The van der Waals surface area contributed by atoms with Crippen molar-refractivity contribution in [1.82, 2.24) is 13.9 Å². The molecule has 2 heterocycles. The van der Waals surface area contributed by atoms with Crippen LogP contribution in [-0.4, -0.2) is 43.1 Å². The fourth-order valence-electron chi connectivity index (χ4n) is 3.42. The minimum Gasteiger partial charge on any atom is -0.468 e. The highest BCUT2D eigenvalue weighted by molar-refractivity contribution is 7.86. The Balaban J connectivity index is 1.83. The number of carbonyl (C=O) groups excluding carboxylic acids is 1. The molecule has 28 heavy (non-hydrogen) atoms. The van der Waals surface area contributed by atoms with Gasteiger partial charge in [-0.2, -0.15) is 17.0 Å². The lowest BCUT2D eigenvalue weighted by atomic mass is 10.0. The van der Waals surface area contributed by atoms with Crippen LogP contribution < -0.4 is 5.32 Å². The number of hydrogen-bond acceptors (Lipinski definition) is 4. The highest BCUT2D eigenvalue weighted by Crippen LogP contribution is 2.23. The number of amides is 1. The molecule has 0 spiro atoms. The second kappa shape index (κ2) is 8.89. The van der Waals surface area contributed by atoms with Crippen molar-refractivity contribution < 1.29 is 17.6 Å². The van der Waals surface area contributed by atoms with Crippen molar-refractivity contribution in [3.8, 4) is 0 Å². The first-order valence-electron chi connectivity index (χ1n) is 9.49. The van der Waals surface area contributed by atoms with Crippen molar-refractivity contribution in [2.24, 2.45) is 5.92 Å². The van der Waals surface area contributed by atoms with Gasteiger partial charge in [0.2, 0.25) is 0 Å². The predicted molar refractivity (Wildman–Crippen MR) is 107 cm³/mol. The highest BCUT2D eigenvalue weighted by atomic mass is 32.2. The van der Waals surface area contributed by atoms with E-state index in [9.17, 15) is 13.2 Å². The van der Waals surface area contributed by atoms with Gasteiger partial charge < -0.3 is 9.73 Å². The van der Waals surface area contributed by atoms with E-state index in [0.717, 1.165) is 18.4 Å².